The van der Waals surface area contributed by atoms with Gasteiger partial charge >= 0.3 is 0 Å². The number of rotatable bonds is 3. The van der Waals surface area contributed by atoms with Gasteiger partial charge in [-0.3, -0.25) is 9.97 Å². The van der Waals surface area contributed by atoms with Gasteiger partial charge in [-0.1, -0.05) is 0 Å². The van der Waals surface area contributed by atoms with Crippen molar-refractivity contribution in [1.82, 2.24) is 9.97 Å². The van der Waals surface area contributed by atoms with E-state index in [1.54, 1.807) is 13.1 Å². The molecule has 1 rings (SSSR count). The third-order valence-corrected chi connectivity index (χ3v) is 1.64. The van der Waals surface area contributed by atoms with E-state index < -0.39 is 6.10 Å². The van der Waals surface area contributed by atoms with Gasteiger partial charge in [-0.25, -0.2) is 0 Å². The minimum Gasteiger partial charge on any atom is -0.396 e. The Hall–Kier alpha value is -1.00. The number of hydrogen-bond donors (Lipinski definition) is 2. The minimum atomic E-state index is -0.705. The fraction of sp³-hybridized carbons (Fsp3) is 0.500. The van der Waals surface area contributed by atoms with Gasteiger partial charge < -0.3 is 10.2 Å². The lowest BCUT2D eigenvalue weighted by atomic mass is 10.1. The molecule has 1 aromatic heterocycles. The maximum Gasteiger partial charge on any atom is 0.1000 e. The van der Waals surface area contributed by atoms with Crippen LogP contribution >= 0.6 is 0 Å². The first kappa shape index (κ1) is 9.09. The molecule has 0 saturated heterocycles. The molecule has 0 amide bonds. The van der Waals surface area contributed by atoms with Crippen LogP contribution in [0.5, 0.6) is 0 Å². The Labute approximate surface area is 70.9 Å². The normalized spacial score (nSPS) is 12.9. The van der Waals surface area contributed by atoms with Crippen molar-refractivity contribution in [2.24, 2.45) is 0 Å². The highest BCUT2D eigenvalue weighted by atomic mass is 16.3. The van der Waals surface area contributed by atoms with Crippen LogP contribution in [0, 0.1) is 6.92 Å². The summed E-state index contributed by atoms with van der Waals surface area (Å²) in [5.74, 6) is 0. The zero-order valence-corrected chi connectivity index (χ0v) is 6.94. The first-order valence-corrected chi connectivity index (χ1v) is 3.82. The molecule has 66 valence electrons. The Morgan fingerprint density at radius 3 is 2.67 bits per heavy atom. The Bertz CT molecular complexity index is 253. The second kappa shape index (κ2) is 4.13. The molecule has 0 aliphatic carbocycles. The summed E-state index contributed by atoms with van der Waals surface area (Å²) in [6, 6.07) is 0. The number of aryl methyl sites for hydroxylation is 1. The number of nitrogens with zero attached hydrogens (tertiary/aromatic N) is 2. The summed E-state index contributed by atoms with van der Waals surface area (Å²) in [5, 5.41) is 18.0. The van der Waals surface area contributed by atoms with Crippen LogP contribution in [0.3, 0.4) is 0 Å². The van der Waals surface area contributed by atoms with Crippen molar-refractivity contribution >= 4 is 0 Å². The average Bonchev–Trinajstić information content (AvgIpc) is 2.05. The van der Waals surface area contributed by atoms with Gasteiger partial charge in [0.15, 0.2) is 0 Å². The Morgan fingerprint density at radius 2 is 2.08 bits per heavy atom. The van der Waals surface area contributed by atoms with E-state index in [0.717, 1.165) is 0 Å². The first-order chi connectivity index (χ1) is 5.75. The van der Waals surface area contributed by atoms with Crippen LogP contribution in [-0.2, 0) is 0 Å². The van der Waals surface area contributed by atoms with E-state index in [1.807, 2.05) is 0 Å². The van der Waals surface area contributed by atoms with Crippen molar-refractivity contribution < 1.29 is 10.2 Å². The van der Waals surface area contributed by atoms with Gasteiger partial charge in [-0.15, -0.1) is 0 Å². The summed E-state index contributed by atoms with van der Waals surface area (Å²) < 4.78 is 0. The van der Waals surface area contributed by atoms with Crippen LogP contribution in [0.25, 0.3) is 0 Å². The van der Waals surface area contributed by atoms with Crippen molar-refractivity contribution in [1.29, 1.82) is 0 Å². The second-order valence-corrected chi connectivity index (χ2v) is 2.56. The molecule has 0 spiro atoms. The van der Waals surface area contributed by atoms with Crippen LogP contribution in [0.1, 0.15) is 23.9 Å². The van der Waals surface area contributed by atoms with E-state index >= 15 is 0 Å². The molecule has 0 saturated carbocycles. The summed E-state index contributed by atoms with van der Waals surface area (Å²) in [6.07, 6.45) is 2.70. The number of hydrogen-bond acceptors (Lipinski definition) is 4. The zero-order chi connectivity index (χ0) is 8.97. The summed E-state index contributed by atoms with van der Waals surface area (Å²) in [6.45, 7) is 1.74. The van der Waals surface area contributed by atoms with Crippen molar-refractivity contribution in [2.75, 3.05) is 6.61 Å². The molecular formula is C8H12N2O2. The maximum atomic E-state index is 9.44. The molecule has 4 heteroatoms. The van der Waals surface area contributed by atoms with Crippen LogP contribution in [0.15, 0.2) is 12.4 Å². The van der Waals surface area contributed by atoms with Gasteiger partial charge in [0.1, 0.15) is 0 Å². The van der Waals surface area contributed by atoms with Gasteiger partial charge in [0, 0.05) is 25.4 Å². The molecule has 0 fully saturated rings. The Balaban J connectivity index is 2.79. The molecule has 2 N–H and O–H groups in total. The van der Waals surface area contributed by atoms with Crippen molar-refractivity contribution in [2.45, 2.75) is 19.4 Å². The van der Waals surface area contributed by atoms with Gasteiger partial charge in [-0.2, -0.15) is 0 Å². The molecule has 0 aliphatic rings. The summed E-state index contributed by atoms with van der Waals surface area (Å²) in [7, 11) is 0. The molecule has 4 nitrogen and oxygen atoms in total. The van der Waals surface area contributed by atoms with E-state index in [-0.39, 0.29) is 6.61 Å². The summed E-state index contributed by atoms with van der Waals surface area (Å²) in [4.78, 5) is 7.95. The first-order valence-electron chi connectivity index (χ1n) is 3.82. The lowest BCUT2D eigenvalue weighted by Gasteiger charge is -2.09. The molecule has 1 aromatic rings. The number of aromatic nitrogens is 2. The molecule has 0 radical (unpaired) electrons. The lowest BCUT2D eigenvalue weighted by Crippen LogP contribution is -2.05. The van der Waals surface area contributed by atoms with E-state index in [9.17, 15) is 5.11 Å². The van der Waals surface area contributed by atoms with Crippen LogP contribution < -0.4 is 0 Å². The van der Waals surface area contributed by atoms with E-state index in [2.05, 4.69) is 9.97 Å². The average molecular weight is 168 g/mol. The van der Waals surface area contributed by atoms with Crippen LogP contribution in [0.2, 0.25) is 0 Å². The molecule has 0 aliphatic heterocycles. The molecule has 1 atom stereocenters. The van der Waals surface area contributed by atoms with E-state index in [4.69, 9.17) is 5.11 Å². The third-order valence-electron chi connectivity index (χ3n) is 1.64. The molecular weight excluding hydrogens is 156 g/mol. The fourth-order valence-electron chi connectivity index (χ4n) is 1.00. The SMILES string of the molecule is Cc1nccnc1C(O)CCO. The van der Waals surface area contributed by atoms with Gasteiger partial charge in [-0.05, 0) is 6.92 Å². The smallest absolute Gasteiger partial charge is 0.1000 e. The zero-order valence-electron chi connectivity index (χ0n) is 6.94. The highest BCUT2D eigenvalue weighted by Crippen LogP contribution is 2.14. The van der Waals surface area contributed by atoms with Crippen LogP contribution in [0.4, 0.5) is 0 Å². The molecule has 0 aromatic carbocycles. The summed E-state index contributed by atoms with van der Waals surface area (Å²) >= 11 is 0. The quantitative estimate of drug-likeness (QED) is 0.676. The maximum absolute atomic E-state index is 9.44. The molecule has 1 heterocycles. The number of aliphatic hydroxyl groups is 2. The fourth-order valence-corrected chi connectivity index (χ4v) is 1.00. The third kappa shape index (κ3) is 1.99. The summed E-state index contributed by atoms with van der Waals surface area (Å²) in [5.41, 5.74) is 1.25. The van der Waals surface area contributed by atoms with Gasteiger partial charge in [0.05, 0.1) is 17.5 Å². The van der Waals surface area contributed by atoms with Crippen LogP contribution in [-0.4, -0.2) is 26.8 Å². The predicted octanol–water partition coefficient (Wildman–Crippen LogP) is 0.201. The molecule has 12 heavy (non-hydrogen) atoms. The highest BCUT2D eigenvalue weighted by Gasteiger charge is 2.10. The Kier molecular flexibility index (Phi) is 3.13. The largest absolute Gasteiger partial charge is 0.396 e. The van der Waals surface area contributed by atoms with Gasteiger partial charge in [0.2, 0.25) is 0 Å². The topological polar surface area (TPSA) is 66.2 Å². The standard InChI is InChI=1S/C8H12N2O2/c1-6-8(7(12)2-5-11)10-4-3-9-6/h3-4,7,11-12H,2,5H2,1H3. The monoisotopic (exact) mass is 168 g/mol. The molecule has 0 bridgehead atoms. The highest BCUT2D eigenvalue weighted by molar-refractivity contribution is 5.11. The van der Waals surface area contributed by atoms with E-state index in [1.165, 1.54) is 6.20 Å². The Morgan fingerprint density at radius 1 is 1.42 bits per heavy atom. The second-order valence-electron chi connectivity index (χ2n) is 2.56. The van der Waals surface area contributed by atoms with Gasteiger partial charge in [0.25, 0.3) is 0 Å². The lowest BCUT2D eigenvalue weighted by molar-refractivity contribution is 0.129. The predicted molar refractivity (Wildman–Crippen MR) is 43.4 cm³/mol. The van der Waals surface area contributed by atoms with E-state index in [0.29, 0.717) is 17.8 Å². The molecule has 1 unspecified atom stereocenters. The van der Waals surface area contributed by atoms with Crippen molar-refractivity contribution in [3.05, 3.63) is 23.8 Å². The van der Waals surface area contributed by atoms with Crippen molar-refractivity contribution in [3.8, 4) is 0 Å². The number of aliphatic hydroxyl groups excluding tert-OH is 2. The van der Waals surface area contributed by atoms with Crippen molar-refractivity contribution in [3.63, 3.8) is 0 Å². The minimum absolute atomic E-state index is 0.0445.